The van der Waals surface area contributed by atoms with Crippen molar-refractivity contribution in [1.29, 1.82) is 0 Å². The molecular formula is C48H33N3Si. The van der Waals surface area contributed by atoms with E-state index in [1.165, 1.54) is 66.5 Å². The van der Waals surface area contributed by atoms with E-state index in [0.29, 0.717) is 0 Å². The largest absolute Gasteiger partial charge is 0.342 e. The molecule has 3 aliphatic heterocycles. The minimum absolute atomic E-state index is 1.12. The number of fused-ring (bicyclic) bond motifs is 13. The summed E-state index contributed by atoms with van der Waals surface area (Å²) in [5, 5.41) is 2.80. The lowest BCUT2D eigenvalue weighted by molar-refractivity contribution is 1.25. The fraction of sp³-hybridized carbons (Fsp3) is 0. The van der Waals surface area contributed by atoms with E-state index in [0.717, 1.165) is 17.1 Å². The second-order valence-corrected chi connectivity index (χ2v) is 17.0. The van der Waals surface area contributed by atoms with Crippen molar-refractivity contribution in [2.45, 2.75) is 0 Å². The molecule has 0 amide bonds. The molecule has 8 aromatic rings. The SMILES string of the molecule is c1ccc(N(c2ccccc2)c2ccc3c(c2)-c2ccccc2N2c4ccccc4-c4ccccc4[Si]24c2ccccc2-c2ccccc2N34)cc1. The first-order chi connectivity index (χ1) is 25.8. The van der Waals surface area contributed by atoms with Crippen LogP contribution in [0.2, 0.25) is 0 Å². The molecule has 1 spiro atoms. The van der Waals surface area contributed by atoms with Crippen molar-refractivity contribution in [2.75, 3.05) is 14.0 Å². The van der Waals surface area contributed by atoms with E-state index in [1.807, 2.05) is 0 Å². The highest BCUT2D eigenvalue weighted by atomic mass is 28.3. The third-order valence-electron chi connectivity index (χ3n) is 11.1. The zero-order valence-electron chi connectivity index (χ0n) is 28.4. The minimum Gasteiger partial charge on any atom is -0.342 e. The fourth-order valence-corrected chi connectivity index (χ4v) is 14.6. The molecule has 0 N–H and O–H groups in total. The van der Waals surface area contributed by atoms with Gasteiger partial charge in [-0.1, -0.05) is 140 Å². The van der Waals surface area contributed by atoms with Crippen LogP contribution in [0, 0.1) is 0 Å². The Hall–Kier alpha value is -6.62. The molecule has 3 aliphatic rings. The molecule has 1 atom stereocenters. The Morgan fingerprint density at radius 3 is 1.13 bits per heavy atom. The summed E-state index contributed by atoms with van der Waals surface area (Å²) in [4.78, 5) is 2.37. The highest BCUT2D eigenvalue weighted by molar-refractivity contribution is 7.11. The molecule has 3 nitrogen and oxygen atoms in total. The van der Waals surface area contributed by atoms with Gasteiger partial charge in [0.05, 0.1) is 0 Å². The van der Waals surface area contributed by atoms with E-state index < -0.39 is 8.40 Å². The predicted molar refractivity (Wildman–Crippen MR) is 220 cm³/mol. The van der Waals surface area contributed by atoms with E-state index in [9.17, 15) is 0 Å². The Labute approximate surface area is 305 Å². The van der Waals surface area contributed by atoms with E-state index in [1.54, 1.807) is 0 Å². The summed E-state index contributed by atoms with van der Waals surface area (Å²) in [5.41, 5.74) is 15.9. The maximum Gasteiger partial charge on any atom is 0.341 e. The lowest BCUT2D eigenvalue weighted by Gasteiger charge is -2.55. The third-order valence-corrected chi connectivity index (χ3v) is 15.7. The average molecular weight is 680 g/mol. The molecule has 52 heavy (non-hydrogen) atoms. The molecule has 0 fully saturated rings. The summed E-state index contributed by atoms with van der Waals surface area (Å²) in [6, 6.07) is 74.1. The van der Waals surface area contributed by atoms with Crippen molar-refractivity contribution in [2.24, 2.45) is 0 Å². The van der Waals surface area contributed by atoms with Crippen LogP contribution in [0.25, 0.3) is 33.4 Å². The van der Waals surface area contributed by atoms with Gasteiger partial charge in [-0.15, -0.1) is 0 Å². The molecule has 0 saturated carbocycles. The van der Waals surface area contributed by atoms with Crippen molar-refractivity contribution in [3.63, 3.8) is 0 Å². The van der Waals surface area contributed by atoms with E-state index >= 15 is 0 Å². The lowest BCUT2D eigenvalue weighted by Crippen LogP contribution is -2.80. The Kier molecular flexibility index (Phi) is 6.27. The molecule has 4 heteroatoms. The molecule has 0 radical (unpaired) electrons. The van der Waals surface area contributed by atoms with Crippen LogP contribution < -0.4 is 24.4 Å². The van der Waals surface area contributed by atoms with E-state index in [2.05, 4.69) is 214 Å². The quantitative estimate of drug-likeness (QED) is 0.172. The second kappa shape index (κ2) is 11.2. The van der Waals surface area contributed by atoms with Crippen molar-refractivity contribution in [1.82, 2.24) is 0 Å². The Balaban J connectivity index is 1.30. The number of anilines is 7. The number of hydrogen-bond donors (Lipinski definition) is 0. The molecule has 1 unspecified atom stereocenters. The van der Waals surface area contributed by atoms with Crippen molar-refractivity contribution >= 4 is 58.6 Å². The van der Waals surface area contributed by atoms with Crippen LogP contribution in [0.3, 0.4) is 0 Å². The van der Waals surface area contributed by atoms with Gasteiger partial charge in [-0.05, 0) is 82.2 Å². The first-order valence-corrected chi connectivity index (χ1v) is 19.9. The molecule has 0 aliphatic carbocycles. The standard InChI is InChI=1S/C48H33N3Si/c1-3-17-34(18-4-1)49(35-19-5-2-6-20-35)36-31-32-46-42(33-36)39-23-9-14-28-45(39)50-43-26-12-7-21-37(43)40-24-10-15-29-47(40)52(50)48-30-16-11-25-41(48)38-22-8-13-27-44(38)51(46)52/h1-33H. The summed E-state index contributed by atoms with van der Waals surface area (Å²) < 4.78 is 5.56. The molecule has 0 bridgehead atoms. The molecule has 3 heterocycles. The van der Waals surface area contributed by atoms with Gasteiger partial charge >= 0.3 is 8.40 Å². The second-order valence-electron chi connectivity index (χ2n) is 13.7. The molecule has 11 rings (SSSR count). The molecule has 0 saturated heterocycles. The van der Waals surface area contributed by atoms with Gasteiger partial charge in [0.2, 0.25) is 0 Å². The monoisotopic (exact) mass is 679 g/mol. The van der Waals surface area contributed by atoms with Crippen molar-refractivity contribution in [3.05, 3.63) is 200 Å². The summed E-state index contributed by atoms with van der Waals surface area (Å²) in [7, 11) is -3.13. The highest BCUT2D eigenvalue weighted by Crippen LogP contribution is 2.57. The van der Waals surface area contributed by atoms with Crippen LogP contribution in [0.1, 0.15) is 0 Å². The maximum absolute atomic E-state index is 3.13. The van der Waals surface area contributed by atoms with Gasteiger partial charge in [0.25, 0.3) is 0 Å². The number of hydrogen-bond acceptors (Lipinski definition) is 3. The van der Waals surface area contributed by atoms with Crippen molar-refractivity contribution in [3.8, 4) is 33.4 Å². The summed E-state index contributed by atoms with van der Waals surface area (Å²) >= 11 is 0. The number of benzene rings is 8. The van der Waals surface area contributed by atoms with Crippen LogP contribution in [0.4, 0.5) is 39.8 Å². The summed E-state index contributed by atoms with van der Waals surface area (Å²) in [6.45, 7) is 0. The zero-order valence-corrected chi connectivity index (χ0v) is 29.4. The van der Waals surface area contributed by atoms with Crippen LogP contribution in [0.5, 0.6) is 0 Å². The lowest BCUT2D eigenvalue weighted by atomic mass is 9.98. The number of para-hydroxylation sites is 5. The van der Waals surface area contributed by atoms with Gasteiger partial charge < -0.3 is 14.0 Å². The van der Waals surface area contributed by atoms with Gasteiger partial charge in [0.1, 0.15) is 0 Å². The maximum atomic E-state index is 2.79. The predicted octanol–water partition coefficient (Wildman–Crippen LogP) is 11.3. The smallest absolute Gasteiger partial charge is 0.341 e. The normalized spacial score (nSPS) is 15.7. The van der Waals surface area contributed by atoms with Gasteiger partial charge in [0, 0.05) is 62.1 Å². The summed E-state index contributed by atoms with van der Waals surface area (Å²) in [5.74, 6) is 0. The fourth-order valence-electron chi connectivity index (χ4n) is 9.09. The first-order valence-electron chi connectivity index (χ1n) is 18.0. The van der Waals surface area contributed by atoms with Crippen LogP contribution >= 0.6 is 0 Å². The van der Waals surface area contributed by atoms with Crippen LogP contribution in [0.15, 0.2) is 200 Å². The molecule has 0 aromatic heterocycles. The first kappa shape index (κ1) is 29.1. The van der Waals surface area contributed by atoms with Gasteiger partial charge in [-0.25, -0.2) is 0 Å². The Morgan fingerprint density at radius 1 is 0.288 bits per heavy atom. The zero-order chi connectivity index (χ0) is 34.2. The van der Waals surface area contributed by atoms with Gasteiger partial charge in [0.15, 0.2) is 0 Å². The Morgan fingerprint density at radius 2 is 0.654 bits per heavy atom. The molecule has 8 aromatic carbocycles. The summed E-state index contributed by atoms with van der Waals surface area (Å²) in [6.07, 6.45) is 0. The van der Waals surface area contributed by atoms with E-state index in [4.69, 9.17) is 0 Å². The van der Waals surface area contributed by atoms with Crippen LogP contribution in [-0.4, -0.2) is 8.40 Å². The average Bonchev–Trinajstić information content (AvgIpc) is 3.34. The van der Waals surface area contributed by atoms with Gasteiger partial charge in [-0.3, -0.25) is 0 Å². The topological polar surface area (TPSA) is 9.72 Å². The Bertz CT molecular complexity index is 2590. The van der Waals surface area contributed by atoms with Crippen molar-refractivity contribution < 1.29 is 0 Å². The number of rotatable bonds is 3. The van der Waals surface area contributed by atoms with Crippen LogP contribution in [-0.2, 0) is 0 Å². The molecular weight excluding hydrogens is 647 g/mol. The number of nitrogens with zero attached hydrogens (tertiary/aromatic N) is 3. The van der Waals surface area contributed by atoms with Gasteiger partial charge in [-0.2, -0.15) is 0 Å². The minimum atomic E-state index is -3.13. The molecule has 244 valence electrons. The van der Waals surface area contributed by atoms with E-state index in [-0.39, 0.29) is 0 Å². The highest BCUT2D eigenvalue weighted by Gasteiger charge is 2.60. The third kappa shape index (κ3) is 3.90.